The van der Waals surface area contributed by atoms with E-state index < -0.39 is 0 Å². The molecule has 0 bridgehead atoms. The molecule has 0 N–H and O–H groups in total. The quantitative estimate of drug-likeness (QED) is 0.509. The molecule has 7 heteroatoms. The Morgan fingerprint density at radius 3 is 2.56 bits per heavy atom. The first kappa shape index (κ1) is 21.8. The van der Waals surface area contributed by atoms with Crippen LogP contribution < -0.4 is 4.90 Å². The van der Waals surface area contributed by atoms with E-state index in [0.29, 0.717) is 6.54 Å². The average molecular weight is 469 g/mol. The number of thiazole rings is 1. The molecule has 0 aliphatic rings. The third kappa shape index (κ3) is 5.08. The number of carbonyl (C=O) groups excluding carboxylic acids is 1. The largest absolute Gasteiger partial charge is 0.308 e. The first-order chi connectivity index (χ1) is 12.3. The van der Waals surface area contributed by atoms with Crippen LogP contribution in [-0.4, -0.2) is 43.0 Å². The monoisotopic (exact) mass is 467 g/mol. The van der Waals surface area contributed by atoms with Gasteiger partial charge in [0.05, 0.1) is 10.2 Å². The van der Waals surface area contributed by atoms with Crippen LogP contribution in [0.25, 0.3) is 10.2 Å². The topological polar surface area (TPSA) is 36.4 Å². The minimum Gasteiger partial charge on any atom is -0.308 e. The van der Waals surface area contributed by atoms with Crippen molar-refractivity contribution < 1.29 is 4.79 Å². The number of fused-ring (bicyclic) bond motifs is 1. The van der Waals surface area contributed by atoms with Crippen molar-refractivity contribution in [1.29, 1.82) is 0 Å². The molecule has 2 aromatic carbocycles. The molecule has 27 heavy (non-hydrogen) atoms. The maximum Gasteiger partial charge on any atom is 0.260 e. The van der Waals surface area contributed by atoms with Crippen LogP contribution in [-0.2, 0) is 0 Å². The van der Waals surface area contributed by atoms with Gasteiger partial charge >= 0.3 is 0 Å². The summed E-state index contributed by atoms with van der Waals surface area (Å²) in [6.45, 7) is 5.36. The highest BCUT2D eigenvalue weighted by molar-refractivity contribution is 9.10. The van der Waals surface area contributed by atoms with Gasteiger partial charge in [-0.2, -0.15) is 0 Å². The minimum absolute atomic E-state index is 0. The van der Waals surface area contributed by atoms with Gasteiger partial charge in [-0.15, -0.1) is 12.4 Å². The lowest BCUT2D eigenvalue weighted by Crippen LogP contribution is -2.37. The summed E-state index contributed by atoms with van der Waals surface area (Å²) in [7, 11) is 4.02. The molecule has 0 spiro atoms. The third-order valence-electron chi connectivity index (χ3n) is 4.21. The molecule has 0 aliphatic heterocycles. The Bertz CT molecular complexity index is 958. The van der Waals surface area contributed by atoms with Crippen LogP contribution in [0, 0.1) is 13.8 Å². The first-order valence-electron chi connectivity index (χ1n) is 8.45. The maximum absolute atomic E-state index is 13.3. The predicted molar refractivity (Wildman–Crippen MR) is 121 cm³/mol. The van der Waals surface area contributed by atoms with Gasteiger partial charge in [0, 0.05) is 23.1 Å². The number of aryl methyl sites for hydroxylation is 2. The van der Waals surface area contributed by atoms with Crippen molar-refractivity contribution in [1.82, 2.24) is 9.88 Å². The maximum atomic E-state index is 13.3. The Morgan fingerprint density at radius 1 is 1.11 bits per heavy atom. The van der Waals surface area contributed by atoms with Crippen LogP contribution in [0.15, 0.2) is 40.9 Å². The highest BCUT2D eigenvalue weighted by Crippen LogP contribution is 2.32. The lowest BCUT2D eigenvalue weighted by Gasteiger charge is -2.23. The van der Waals surface area contributed by atoms with E-state index in [2.05, 4.69) is 20.8 Å². The summed E-state index contributed by atoms with van der Waals surface area (Å²) in [6, 6.07) is 12.0. The fraction of sp³-hybridized carbons (Fsp3) is 0.300. The molecule has 0 saturated heterocycles. The number of hydrogen-bond acceptors (Lipinski definition) is 4. The van der Waals surface area contributed by atoms with E-state index in [0.717, 1.165) is 43.1 Å². The SMILES string of the molecule is Cc1ccc(C)c(C(=O)N(CCN(C)C)c2nc3ccc(Br)cc3s2)c1.Cl. The van der Waals surface area contributed by atoms with E-state index in [9.17, 15) is 4.79 Å². The molecule has 1 heterocycles. The lowest BCUT2D eigenvalue weighted by atomic mass is 10.0. The van der Waals surface area contributed by atoms with E-state index in [4.69, 9.17) is 4.98 Å². The van der Waals surface area contributed by atoms with Gasteiger partial charge in [0.1, 0.15) is 0 Å². The number of nitrogens with zero attached hydrogens (tertiary/aromatic N) is 3. The fourth-order valence-electron chi connectivity index (χ4n) is 2.70. The molecule has 3 rings (SSSR count). The van der Waals surface area contributed by atoms with E-state index >= 15 is 0 Å². The third-order valence-corrected chi connectivity index (χ3v) is 5.74. The van der Waals surface area contributed by atoms with Crippen molar-refractivity contribution in [3.63, 3.8) is 0 Å². The molecule has 0 unspecified atom stereocenters. The normalized spacial score (nSPS) is 10.9. The van der Waals surface area contributed by atoms with Crippen LogP contribution in [0.2, 0.25) is 0 Å². The summed E-state index contributed by atoms with van der Waals surface area (Å²) < 4.78 is 2.08. The summed E-state index contributed by atoms with van der Waals surface area (Å²) in [5.74, 6) is 0.00571. The second-order valence-corrected chi connectivity index (χ2v) is 8.61. The Hall–Kier alpha value is -1.47. The highest BCUT2D eigenvalue weighted by Gasteiger charge is 2.22. The molecule has 1 aromatic heterocycles. The molecule has 0 fully saturated rings. The van der Waals surface area contributed by atoms with Crippen molar-refractivity contribution >= 4 is 60.9 Å². The molecule has 4 nitrogen and oxygen atoms in total. The van der Waals surface area contributed by atoms with E-state index in [1.165, 1.54) is 0 Å². The molecule has 0 aliphatic carbocycles. The predicted octanol–water partition coefficient (Wildman–Crippen LogP) is 5.31. The Morgan fingerprint density at radius 2 is 1.85 bits per heavy atom. The number of hydrogen-bond donors (Lipinski definition) is 0. The molecule has 1 amide bonds. The summed E-state index contributed by atoms with van der Waals surface area (Å²) >= 11 is 5.05. The first-order valence-corrected chi connectivity index (χ1v) is 10.1. The number of rotatable bonds is 5. The Labute approximate surface area is 178 Å². The molecule has 0 saturated carbocycles. The lowest BCUT2D eigenvalue weighted by molar-refractivity contribution is 0.0984. The zero-order valence-electron chi connectivity index (χ0n) is 15.8. The standard InChI is InChI=1S/C20H22BrN3OS.ClH/c1-13-5-6-14(2)16(11-13)19(25)24(10-9-23(3)4)20-22-17-8-7-15(21)12-18(17)26-20;/h5-8,11-12H,9-10H2,1-4H3;1H. The van der Waals surface area contributed by atoms with Crippen molar-refractivity contribution in [2.75, 3.05) is 32.1 Å². The molecule has 0 radical (unpaired) electrons. The van der Waals surface area contributed by atoms with E-state index in [-0.39, 0.29) is 18.3 Å². The van der Waals surface area contributed by atoms with Crippen LogP contribution >= 0.6 is 39.7 Å². The van der Waals surface area contributed by atoms with Crippen LogP contribution in [0.1, 0.15) is 21.5 Å². The Kier molecular flexibility index (Phi) is 7.40. The van der Waals surface area contributed by atoms with Crippen molar-refractivity contribution in [3.8, 4) is 0 Å². The van der Waals surface area contributed by atoms with Crippen LogP contribution in [0.5, 0.6) is 0 Å². The van der Waals surface area contributed by atoms with Crippen molar-refractivity contribution in [2.24, 2.45) is 0 Å². The second kappa shape index (κ2) is 9.15. The zero-order chi connectivity index (χ0) is 18.8. The summed E-state index contributed by atoms with van der Waals surface area (Å²) in [4.78, 5) is 21.9. The van der Waals surface area contributed by atoms with Gasteiger partial charge in [0.15, 0.2) is 5.13 Å². The van der Waals surface area contributed by atoms with Crippen molar-refractivity contribution in [3.05, 3.63) is 57.6 Å². The summed E-state index contributed by atoms with van der Waals surface area (Å²) in [5.41, 5.74) is 3.72. The van der Waals surface area contributed by atoms with Gasteiger partial charge < -0.3 is 4.90 Å². The molecular weight excluding hydrogens is 446 g/mol. The number of anilines is 1. The molecule has 0 atom stereocenters. The minimum atomic E-state index is 0. The number of carbonyl (C=O) groups is 1. The molecule has 3 aromatic rings. The summed E-state index contributed by atoms with van der Waals surface area (Å²) in [6.07, 6.45) is 0. The fourth-order valence-corrected chi connectivity index (χ4v) is 4.24. The van der Waals surface area contributed by atoms with Gasteiger partial charge in [-0.05, 0) is 57.8 Å². The van der Waals surface area contributed by atoms with Crippen LogP contribution in [0.4, 0.5) is 5.13 Å². The highest BCUT2D eigenvalue weighted by atomic mass is 79.9. The summed E-state index contributed by atoms with van der Waals surface area (Å²) in [5, 5.41) is 0.742. The van der Waals surface area contributed by atoms with Crippen molar-refractivity contribution in [2.45, 2.75) is 13.8 Å². The molecule has 144 valence electrons. The van der Waals surface area contributed by atoms with Gasteiger partial charge in [0.25, 0.3) is 5.91 Å². The van der Waals surface area contributed by atoms with E-state index in [1.54, 1.807) is 16.2 Å². The van der Waals surface area contributed by atoms with Gasteiger partial charge in [-0.25, -0.2) is 4.98 Å². The number of halogens is 2. The zero-order valence-corrected chi connectivity index (χ0v) is 19.0. The second-order valence-electron chi connectivity index (χ2n) is 6.69. The van der Waals surface area contributed by atoms with E-state index in [1.807, 2.05) is 64.3 Å². The Balaban J connectivity index is 0.00000261. The van der Waals surface area contributed by atoms with Gasteiger partial charge in [-0.3, -0.25) is 9.69 Å². The average Bonchev–Trinajstić information content (AvgIpc) is 2.99. The van der Waals surface area contributed by atoms with Gasteiger partial charge in [0.2, 0.25) is 0 Å². The number of benzene rings is 2. The number of likely N-dealkylation sites (N-methyl/N-ethyl adjacent to an activating group) is 1. The number of amides is 1. The number of aromatic nitrogens is 1. The molecular formula is C20H23BrClN3OS. The van der Waals surface area contributed by atoms with Gasteiger partial charge in [-0.1, -0.05) is 45.0 Å². The smallest absolute Gasteiger partial charge is 0.260 e. The van der Waals surface area contributed by atoms with Crippen LogP contribution in [0.3, 0.4) is 0 Å².